The first kappa shape index (κ1) is 11.3. The molecule has 2 aromatic rings. The summed E-state index contributed by atoms with van der Waals surface area (Å²) in [5.74, 6) is 6.60. The Morgan fingerprint density at radius 1 is 1.62 bits per heavy atom. The maximum Gasteiger partial charge on any atom is 0.132 e. The van der Waals surface area contributed by atoms with E-state index < -0.39 is 0 Å². The monoisotopic (exact) mass is 236 g/mol. The fourth-order valence-corrected chi connectivity index (χ4v) is 2.87. The highest BCUT2D eigenvalue weighted by Crippen LogP contribution is 2.28. The van der Waals surface area contributed by atoms with Crippen LogP contribution in [-0.2, 0) is 13.5 Å². The smallest absolute Gasteiger partial charge is 0.132 e. The largest absolute Gasteiger partial charge is 0.336 e. The van der Waals surface area contributed by atoms with E-state index in [9.17, 15) is 0 Å². The van der Waals surface area contributed by atoms with Crippen LogP contribution in [0.15, 0.2) is 23.8 Å². The lowest BCUT2D eigenvalue weighted by Crippen LogP contribution is -2.30. The lowest BCUT2D eigenvalue weighted by molar-refractivity contribution is 0.584. The summed E-state index contributed by atoms with van der Waals surface area (Å²) >= 11 is 1.72. The summed E-state index contributed by atoms with van der Waals surface area (Å²) in [6, 6.07) is 2.13. The number of hydrogen-bond acceptors (Lipinski definition) is 4. The highest BCUT2D eigenvalue weighted by molar-refractivity contribution is 7.10. The Balaban J connectivity index is 2.40. The number of nitrogens with two attached hydrogens (primary N) is 1. The van der Waals surface area contributed by atoms with Gasteiger partial charge in [0, 0.05) is 24.3 Å². The van der Waals surface area contributed by atoms with E-state index in [0.717, 1.165) is 12.2 Å². The van der Waals surface area contributed by atoms with Gasteiger partial charge in [-0.3, -0.25) is 5.84 Å². The van der Waals surface area contributed by atoms with Crippen LogP contribution in [0.1, 0.15) is 29.2 Å². The third kappa shape index (κ3) is 1.89. The molecule has 0 saturated carbocycles. The van der Waals surface area contributed by atoms with Gasteiger partial charge in [-0.25, -0.2) is 10.4 Å². The zero-order valence-electron chi connectivity index (χ0n) is 9.47. The fourth-order valence-electron chi connectivity index (χ4n) is 1.82. The summed E-state index contributed by atoms with van der Waals surface area (Å²) in [6.45, 7) is 2.15. The standard InChI is InChI=1S/C11H16N4S/c1-3-8-4-7-16-10(8)9(14-12)11-13-5-6-15(11)2/h4-7,9,14H,3,12H2,1-2H3. The Morgan fingerprint density at radius 2 is 2.44 bits per heavy atom. The minimum absolute atomic E-state index is 0.0186. The molecule has 0 fully saturated rings. The molecule has 4 nitrogen and oxygen atoms in total. The van der Waals surface area contributed by atoms with Gasteiger partial charge in [0.15, 0.2) is 0 Å². The zero-order valence-corrected chi connectivity index (χ0v) is 10.3. The number of aryl methyl sites for hydroxylation is 2. The van der Waals surface area contributed by atoms with Crippen molar-refractivity contribution in [2.24, 2.45) is 12.9 Å². The Hall–Kier alpha value is -1.17. The van der Waals surface area contributed by atoms with E-state index >= 15 is 0 Å². The molecule has 1 unspecified atom stereocenters. The summed E-state index contributed by atoms with van der Waals surface area (Å²) in [6.07, 6.45) is 4.74. The second kappa shape index (κ2) is 4.78. The number of hydrazine groups is 1. The van der Waals surface area contributed by atoms with Gasteiger partial charge in [0.25, 0.3) is 0 Å². The highest BCUT2D eigenvalue weighted by atomic mass is 32.1. The predicted molar refractivity (Wildman–Crippen MR) is 66.1 cm³/mol. The van der Waals surface area contributed by atoms with Gasteiger partial charge in [-0.2, -0.15) is 0 Å². The number of nitrogens with zero attached hydrogens (tertiary/aromatic N) is 2. The van der Waals surface area contributed by atoms with Crippen molar-refractivity contribution in [1.29, 1.82) is 0 Å². The van der Waals surface area contributed by atoms with Gasteiger partial charge in [0.1, 0.15) is 11.9 Å². The molecule has 0 aromatic carbocycles. The van der Waals surface area contributed by atoms with Gasteiger partial charge in [-0.1, -0.05) is 6.92 Å². The molecule has 0 bridgehead atoms. The quantitative estimate of drug-likeness (QED) is 0.626. The molecule has 0 aliphatic rings. The van der Waals surface area contributed by atoms with E-state index in [4.69, 9.17) is 5.84 Å². The van der Waals surface area contributed by atoms with Crippen LogP contribution in [-0.4, -0.2) is 9.55 Å². The van der Waals surface area contributed by atoms with Crippen LogP contribution in [0.3, 0.4) is 0 Å². The second-order valence-corrected chi connectivity index (χ2v) is 4.61. The Morgan fingerprint density at radius 3 is 3.00 bits per heavy atom. The topological polar surface area (TPSA) is 55.9 Å². The van der Waals surface area contributed by atoms with E-state index in [1.54, 1.807) is 17.5 Å². The number of imidazole rings is 1. The number of hydrogen-bond donors (Lipinski definition) is 2. The van der Waals surface area contributed by atoms with Crippen LogP contribution in [0.4, 0.5) is 0 Å². The predicted octanol–water partition coefficient (Wildman–Crippen LogP) is 1.60. The maximum atomic E-state index is 5.65. The lowest BCUT2D eigenvalue weighted by atomic mass is 10.1. The molecular weight excluding hydrogens is 220 g/mol. The SMILES string of the molecule is CCc1ccsc1C(NN)c1nccn1C. The van der Waals surface area contributed by atoms with E-state index in [1.807, 2.05) is 17.8 Å². The van der Waals surface area contributed by atoms with Crippen LogP contribution < -0.4 is 11.3 Å². The molecule has 86 valence electrons. The van der Waals surface area contributed by atoms with E-state index in [2.05, 4.69) is 28.8 Å². The number of rotatable bonds is 4. The molecule has 0 aliphatic heterocycles. The Labute approximate surface area is 99.1 Å². The van der Waals surface area contributed by atoms with Gasteiger partial charge >= 0.3 is 0 Å². The van der Waals surface area contributed by atoms with E-state index in [-0.39, 0.29) is 6.04 Å². The Bertz CT molecular complexity index is 460. The molecule has 5 heteroatoms. The van der Waals surface area contributed by atoms with Crippen molar-refractivity contribution in [2.45, 2.75) is 19.4 Å². The molecule has 2 rings (SSSR count). The number of nitrogens with one attached hydrogen (secondary N) is 1. The maximum absolute atomic E-state index is 5.65. The van der Waals surface area contributed by atoms with Crippen molar-refractivity contribution in [2.75, 3.05) is 0 Å². The van der Waals surface area contributed by atoms with E-state index in [1.165, 1.54) is 10.4 Å². The molecule has 0 aliphatic carbocycles. The summed E-state index contributed by atoms with van der Waals surface area (Å²) in [7, 11) is 1.98. The average molecular weight is 236 g/mol. The third-order valence-electron chi connectivity index (χ3n) is 2.71. The van der Waals surface area contributed by atoms with Crippen LogP contribution >= 0.6 is 11.3 Å². The van der Waals surface area contributed by atoms with Crippen molar-refractivity contribution < 1.29 is 0 Å². The molecular formula is C11H16N4S. The van der Waals surface area contributed by atoms with Gasteiger partial charge in [0.2, 0.25) is 0 Å². The second-order valence-electron chi connectivity index (χ2n) is 3.66. The molecule has 0 saturated heterocycles. The fraction of sp³-hybridized carbons (Fsp3) is 0.364. The molecule has 1 atom stereocenters. The molecule has 2 heterocycles. The highest BCUT2D eigenvalue weighted by Gasteiger charge is 2.20. The minimum Gasteiger partial charge on any atom is -0.336 e. The van der Waals surface area contributed by atoms with Crippen molar-refractivity contribution in [3.8, 4) is 0 Å². The summed E-state index contributed by atoms with van der Waals surface area (Å²) in [5, 5.41) is 2.10. The molecule has 0 radical (unpaired) electrons. The van der Waals surface area contributed by atoms with Gasteiger partial charge < -0.3 is 4.57 Å². The number of aromatic nitrogens is 2. The molecule has 3 N–H and O–H groups in total. The summed E-state index contributed by atoms with van der Waals surface area (Å²) < 4.78 is 1.99. The summed E-state index contributed by atoms with van der Waals surface area (Å²) in [4.78, 5) is 5.59. The molecule has 16 heavy (non-hydrogen) atoms. The normalized spacial score (nSPS) is 12.9. The molecule has 0 amide bonds. The van der Waals surface area contributed by atoms with Crippen LogP contribution in [0.25, 0.3) is 0 Å². The first-order chi connectivity index (χ1) is 7.77. The van der Waals surface area contributed by atoms with Gasteiger partial charge in [-0.05, 0) is 23.4 Å². The van der Waals surface area contributed by atoms with Crippen LogP contribution in [0.5, 0.6) is 0 Å². The van der Waals surface area contributed by atoms with Crippen LogP contribution in [0, 0.1) is 0 Å². The minimum atomic E-state index is -0.0186. The average Bonchev–Trinajstić information content (AvgIpc) is 2.90. The Kier molecular flexibility index (Phi) is 3.38. The van der Waals surface area contributed by atoms with Gasteiger partial charge in [-0.15, -0.1) is 11.3 Å². The van der Waals surface area contributed by atoms with Crippen molar-refractivity contribution >= 4 is 11.3 Å². The molecule has 0 spiro atoms. The van der Waals surface area contributed by atoms with Crippen molar-refractivity contribution in [3.63, 3.8) is 0 Å². The van der Waals surface area contributed by atoms with Crippen LogP contribution in [0.2, 0.25) is 0 Å². The van der Waals surface area contributed by atoms with E-state index in [0.29, 0.717) is 0 Å². The van der Waals surface area contributed by atoms with Crippen molar-refractivity contribution in [3.05, 3.63) is 40.1 Å². The zero-order chi connectivity index (χ0) is 11.5. The lowest BCUT2D eigenvalue weighted by Gasteiger charge is -2.15. The number of thiophene rings is 1. The first-order valence-electron chi connectivity index (χ1n) is 5.27. The van der Waals surface area contributed by atoms with Gasteiger partial charge in [0.05, 0.1) is 0 Å². The summed E-state index contributed by atoms with van der Waals surface area (Å²) in [5.41, 5.74) is 4.18. The first-order valence-corrected chi connectivity index (χ1v) is 6.15. The molecule has 2 aromatic heterocycles. The third-order valence-corrected chi connectivity index (χ3v) is 3.73. The van der Waals surface area contributed by atoms with Crippen molar-refractivity contribution in [1.82, 2.24) is 15.0 Å².